The lowest BCUT2D eigenvalue weighted by molar-refractivity contribution is 0.0997. The smallest absolute Gasteiger partial charge is 0.291 e. The van der Waals surface area contributed by atoms with Gasteiger partial charge in [-0.15, -0.1) is 0 Å². The lowest BCUT2D eigenvalue weighted by Gasteiger charge is -2.11. The minimum Gasteiger partial charge on any atom is -0.451 e. The SMILES string of the molecule is CC(O)Cn1ccc2c(NC(=O)c3ccc(-c4ccccc4)o3)cccc2c1=O. The second-order valence-corrected chi connectivity index (χ2v) is 6.87. The van der Waals surface area contributed by atoms with Gasteiger partial charge in [0.05, 0.1) is 12.6 Å². The molecule has 0 saturated heterocycles. The molecular weight excluding hydrogens is 368 g/mol. The molecular formula is C23H20N2O4. The number of anilines is 1. The Hall–Kier alpha value is -3.64. The van der Waals surface area contributed by atoms with E-state index < -0.39 is 12.0 Å². The molecule has 4 aromatic rings. The summed E-state index contributed by atoms with van der Waals surface area (Å²) in [7, 11) is 0. The topological polar surface area (TPSA) is 84.5 Å². The van der Waals surface area contributed by atoms with Crippen molar-refractivity contribution in [1.29, 1.82) is 0 Å². The lowest BCUT2D eigenvalue weighted by Crippen LogP contribution is -2.25. The lowest BCUT2D eigenvalue weighted by atomic mass is 10.1. The van der Waals surface area contributed by atoms with Gasteiger partial charge in [-0.05, 0) is 37.3 Å². The first-order valence-corrected chi connectivity index (χ1v) is 9.30. The molecule has 0 spiro atoms. The van der Waals surface area contributed by atoms with Crippen LogP contribution in [0.4, 0.5) is 5.69 Å². The molecule has 29 heavy (non-hydrogen) atoms. The molecule has 1 amide bonds. The van der Waals surface area contributed by atoms with Crippen molar-refractivity contribution in [1.82, 2.24) is 4.57 Å². The Bertz CT molecular complexity index is 1220. The van der Waals surface area contributed by atoms with Crippen LogP contribution in [-0.2, 0) is 6.54 Å². The average Bonchev–Trinajstić information content (AvgIpc) is 3.21. The first-order valence-electron chi connectivity index (χ1n) is 9.30. The molecule has 1 atom stereocenters. The molecule has 146 valence electrons. The molecule has 0 aliphatic rings. The first kappa shape index (κ1) is 18.7. The highest BCUT2D eigenvalue weighted by atomic mass is 16.3. The molecule has 0 saturated carbocycles. The molecule has 2 heterocycles. The number of nitrogens with one attached hydrogen (secondary N) is 1. The predicted molar refractivity (Wildman–Crippen MR) is 112 cm³/mol. The maximum Gasteiger partial charge on any atom is 0.291 e. The maximum absolute atomic E-state index is 12.7. The Morgan fingerprint density at radius 2 is 1.83 bits per heavy atom. The summed E-state index contributed by atoms with van der Waals surface area (Å²) in [5, 5.41) is 13.5. The number of hydrogen-bond acceptors (Lipinski definition) is 4. The molecule has 2 aromatic heterocycles. The summed E-state index contributed by atoms with van der Waals surface area (Å²) in [6.45, 7) is 1.83. The van der Waals surface area contributed by atoms with Crippen molar-refractivity contribution in [2.45, 2.75) is 19.6 Å². The summed E-state index contributed by atoms with van der Waals surface area (Å²) in [6.07, 6.45) is 0.985. The molecule has 0 aliphatic carbocycles. The number of carbonyl (C=O) groups excluding carboxylic acids is 1. The summed E-state index contributed by atoms with van der Waals surface area (Å²) < 4.78 is 7.15. The third-order valence-corrected chi connectivity index (χ3v) is 4.62. The van der Waals surface area contributed by atoms with Crippen LogP contribution in [-0.4, -0.2) is 21.7 Å². The fourth-order valence-electron chi connectivity index (χ4n) is 3.26. The van der Waals surface area contributed by atoms with Crippen LogP contribution in [0, 0.1) is 0 Å². The largest absolute Gasteiger partial charge is 0.451 e. The number of amides is 1. The fourth-order valence-corrected chi connectivity index (χ4v) is 3.26. The van der Waals surface area contributed by atoms with Crippen LogP contribution >= 0.6 is 0 Å². The molecule has 6 nitrogen and oxygen atoms in total. The average molecular weight is 388 g/mol. The van der Waals surface area contributed by atoms with E-state index in [1.165, 1.54) is 4.57 Å². The Labute approximate surface area is 167 Å². The van der Waals surface area contributed by atoms with Crippen LogP contribution in [0.3, 0.4) is 0 Å². The van der Waals surface area contributed by atoms with E-state index in [9.17, 15) is 14.7 Å². The van der Waals surface area contributed by atoms with E-state index in [1.54, 1.807) is 49.5 Å². The van der Waals surface area contributed by atoms with Crippen molar-refractivity contribution < 1.29 is 14.3 Å². The molecule has 6 heteroatoms. The van der Waals surface area contributed by atoms with Crippen molar-refractivity contribution in [2.75, 3.05) is 5.32 Å². The Morgan fingerprint density at radius 1 is 1.03 bits per heavy atom. The van der Waals surface area contributed by atoms with Crippen LogP contribution in [0.15, 0.2) is 82.1 Å². The van der Waals surface area contributed by atoms with E-state index in [2.05, 4.69) is 5.32 Å². The number of pyridine rings is 1. The summed E-state index contributed by atoms with van der Waals surface area (Å²) in [4.78, 5) is 25.3. The van der Waals surface area contributed by atoms with Gasteiger partial charge in [-0.1, -0.05) is 36.4 Å². The van der Waals surface area contributed by atoms with Gasteiger partial charge in [-0.3, -0.25) is 9.59 Å². The van der Waals surface area contributed by atoms with Gasteiger partial charge in [0.1, 0.15) is 5.76 Å². The van der Waals surface area contributed by atoms with Gasteiger partial charge in [-0.25, -0.2) is 0 Å². The van der Waals surface area contributed by atoms with E-state index in [4.69, 9.17) is 4.42 Å². The van der Waals surface area contributed by atoms with E-state index in [1.807, 2.05) is 30.3 Å². The van der Waals surface area contributed by atoms with Crippen molar-refractivity contribution in [3.8, 4) is 11.3 Å². The summed E-state index contributed by atoms with van der Waals surface area (Å²) in [5.41, 5.74) is 1.19. The number of benzene rings is 2. The highest BCUT2D eigenvalue weighted by Crippen LogP contribution is 2.24. The van der Waals surface area contributed by atoms with E-state index in [0.29, 0.717) is 22.2 Å². The van der Waals surface area contributed by atoms with E-state index in [-0.39, 0.29) is 17.9 Å². The normalized spacial score (nSPS) is 12.1. The number of aliphatic hydroxyl groups excluding tert-OH is 1. The summed E-state index contributed by atoms with van der Waals surface area (Å²) in [5.74, 6) is 0.394. The van der Waals surface area contributed by atoms with Crippen molar-refractivity contribution in [3.05, 3.63) is 89.0 Å². The number of fused-ring (bicyclic) bond motifs is 1. The van der Waals surface area contributed by atoms with Crippen LogP contribution in [0.2, 0.25) is 0 Å². The molecule has 2 aromatic carbocycles. The first-order chi connectivity index (χ1) is 14.0. The van der Waals surface area contributed by atoms with E-state index >= 15 is 0 Å². The van der Waals surface area contributed by atoms with Gasteiger partial charge < -0.3 is 19.4 Å². The monoisotopic (exact) mass is 388 g/mol. The number of hydrogen-bond donors (Lipinski definition) is 2. The van der Waals surface area contributed by atoms with Crippen LogP contribution in [0.25, 0.3) is 22.1 Å². The van der Waals surface area contributed by atoms with Gasteiger partial charge >= 0.3 is 0 Å². The van der Waals surface area contributed by atoms with Gasteiger partial charge in [0, 0.05) is 28.2 Å². The van der Waals surface area contributed by atoms with Crippen molar-refractivity contribution in [2.24, 2.45) is 0 Å². The number of aromatic nitrogens is 1. The number of aliphatic hydroxyl groups is 1. The van der Waals surface area contributed by atoms with Crippen molar-refractivity contribution >= 4 is 22.4 Å². The number of nitrogens with zero attached hydrogens (tertiary/aromatic N) is 1. The van der Waals surface area contributed by atoms with Crippen LogP contribution in [0.1, 0.15) is 17.5 Å². The minimum absolute atomic E-state index is 0.184. The molecule has 0 fully saturated rings. The predicted octanol–water partition coefficient (Wildman–Crippen LogP) is 3.89. The Kier molecular flexibility index (Phi) is 5.01. The number of furan rings is 1. The summed E-state index contributed by atoms with van der Waals surface area (Å²) >= 11 is 0. The molecule has 1 unspecified atom stereocenters. The molecule has 2 N–H and O–H groups in total. The molecule has 4 rings (SSSR count). The highest BCUT2D eigenvalue weighted by molar-refractivity contribution is 6.07. The highest BCUT2D eigenvalue weighted by Gasteiger charge is 2.15. The third kappa shape index (κ3) is 3.83. The van der Waals surface area contributed by atoms with E-state index in [0.717, 1.165) is 5.56 Å². The van der Waals surface area contributed by atoms with Crippen molar-refractivity contribution in [3.63, 3.8) is 0 Å². The van der Waals surface area contributed by atoms with Gasteiger partial charge in [0.2, 0.25) is 0 Å². The second-order valence-electron chi connectivity index (χ2n) is 6.87. The second kappa shape index (κ2) is 7.77. The number of rotatable bonds is 5. The third-order valence-electron chi connectivity index (χ3n) is 4.62. The minimum atomic E-state index is -0.634. The maximum atomic E-state index is 12.7. The quantitative estimate of drug-likeness (QED) is 0.543. The standard InChI is InChI=1S/C23H20N2O4/c1-15(26)14-25-13-12-17-18(23(25)28)8-5-9-19(17)24-22(27)21-11-10-20(29-21)16-6-3-2-4-7-16/h2-13,15,26H,14H2,1H3,(H,24,27). The zero-order chi connectivity index (χ0) is 20.4. The van der Waals surface area contributed by atoms with Gasteiger partial charge in [-0.2, -0.15) is 0 Å². The molecule has 0 bridgehead atoms. The molecule has 0 radical (unpaired) electrons. The summed E-state index contributed by atoms with van der Waals surface area (Å²) in [6, 6.07) is 19.8. The van der Waals surface area contributed by atoms with Gasteiger partial charge in [0.15, 0.2) is 5.76 Å². The van der Waals surface area contributed by atoms with Gasteiger partial charge in [0.25, 0.3) is 11.5 Å². The zero-order valence-electron chi connectivity index (χ0n) is 15.8. The van der Waals surface area contributed by atoms with Crippen LogP contribution < -0.4 is 10.9 Å². The number of carbonyl (C=O) groups is 1. The van der Waals surface area contributed by atoms with Crippen LogP contribution in [0.5, 0.6) is 0 Å². The Morgan fingerprint density at radius 3 is 2.59 bits per heavy atom. The Balaban J connectivity index is 1.63. The zero-order valence-corrected chi connectivity index (χ0v) is 15.8. The fraction of sp³-hybridized carbons (Fsp3) is 0.130. The molecule has 0 aliphatic heterocycles.